The standard InChI is InChI=1S/C19H28N4O/c1-4-24-12-11-23-10-9-22(13-15(23)2)14-19-20-16(3)17-7-5-6-8-18(17)21-19/h5-8,15H,4,9-14H2,1-3H3. The normalized spacial score (nSPS) is 19.9. The molecule has 3 rings (SSSR count). The zero-order valence-corrected chi connectivity index (χ0v) is 15.0. The average molecular weight is 328 g/mol. The lowest BCUT2D eigenvalue weighted by Crippen LogP contribution is -2.52. The molecule has 1 aromatic heterocycles. The van der Waals surface area contributed by atoms with Gasteiger partial charge in [0, 0.05) is 49.9 Å². The first-order chi connectivity index (χ1) is 11.7. The van der Waals surface area contributed by atoms with Crippen molar-refractivity contribution < 1.29 is 4.74 Å². The topological polar surface area (TPSA) is 41.5 Å². The molecule has 2 aromatic rings. The molecule has 0 saturated carbocycles. The van der Waals surface area contributed by atoms with Gasteiger partial charge in [0.05, 0.1) is 18.7 Å². The molecule has 0 radical (unpaired) electrons. The Labute approximate surface area is 144 Å². The third-order valence-electron chi connectivity index (χ3n) is 4.78. The van der Waals surface area contributed by atoms with Gasteiger partial charge in [-0.2, -0.15) is 0 Å². The summed E-state index contributed by atoms with van der Waals surface area (Å²) in [5.74, 6) is 0.932. The van der Waals surface area contributed by atoms with E-state index in [4.69, 9.17) is 14.7 Å². The van der Waals surface area contributed by atoms with E-state index in [1.165, 1.54) is 0 Å². The molecule has 0 amide bonds. The van der Waals surface area contributed by atoms with Crippen LogP contribution in [0.1, 0.15) is 25.4 Å². The van der Waals surface area contributed by atoms with Gasteiger partial charge in [-0.1, -0.05) is 18.2 Å². The number of nitrogens with zero attached hydrogens (tertiary/aromatic N) is 4. The van der Waals surface area contributed by atoms with Gasteiger partial charge < -0.3 is 4.74 Å². The highest BCUT2D eigenvalue weighted by molar-refractivity contribution is 5.80. The van der Waals surface area contributed by atoms with E-state index in [9.17, 15) is 0 Å². The molecule has 1 aliphatic heterocycles. The first-order valence-corrected chi connectivity index (χ1v) is 8.93. The number of hydrogen-bond acceptors (Lipinski definition) is 5. The number of fused-ring (bicyclic) bond motifs is 1. The zero-order chi connectivity index (χ0) is 16.9. The monoisotopic (exact) mass is 328 g/mol. The molecule has 0 N–H and O–H groups in total. The van der Waals surface area contributed by atoms with Gasteiger partial charge in [0.25, 0.3) is 0 Å². The Morgan fingerprint density at radius 1 is 1.21 bits per heavy atom. The number of piperazine rings is 1. The molecule has 24 heavy (non-hydrogen) atoms. The molecule has 5 nitrogen and oxygen atoms in total. The van der Waals surface area contributed by atoms with Crippen LogP contribution in [0, 0.1) is 6.92 Å². The Morgan fingerprint density at radius 2 is 2.04 bits per heavy atom. The van der Waals surface area contributed by atoms with Crippen LogP contribution in [0.4, 0.5) is 0 Å². The van der Waals surface area contributed by atoms with Crippen molar-refractivity contribution in [2.45, 2.75) is 33.4 Å². The van der Waals surface area contributed by atoms with Crippen molar-refractivity contribution in [2.75, 3.05) is 39.4 Å². The van der Waals surface area contributed by atoms with Crippen molar-refractivity contribution in [1.29, 1.82) is 0 Å². The first-order valence-electron chi connectivity index (χ1n) is 8.93. The number of ether oxygens (including phenoxy) is 1. The van der Waals surface area contributed by atoms with Crippen LogP contribution in [-0.4, -0.2) is 65.2 Å². The number of hydrogen-bond donors (Lipinski definition) is 0. The quantitative estimate of drug-likeness (QED) is 0.762. The first kappa shape index (κ1) is 17.3. The second kappa shape index (κ2) is 8.01. The van der Waals surface area contributed by atoms with Crippen molar-refractivity contribution in [1.82, 2.24) is 19.8 Å². The molecule has 0 spiro atoms. The Kier molecular flexibility index (Phi) is 5.76. The fraction of sp³-hybridized carbons (Fsp3) is 0.579. The maximum Gasteiger partial charge on any atom is 0.143 e. The molecule has 1 aromatic carbocycles. The Balaban J connectivity index is 1.61. The predicted octanol–water partition coefficient (Wildman–Crippen LogP) is 2.48. The van der Waals surface area contributed by atoms with E-state index in [0.717, 1.165) is 68.4 Å². The molecule has 1 fully saturated rings. The lowest BCUT2D eigenvalue weighted by Gasteiger charge is -2.39. The highest BCUT2D eigenvalue weighted by Crippen LogP contribution is 2.17. The summed E-state index contributed by atoms with van der Waals surface area (Å²) in [6, 6.07) is 8.79. The highest BCUT2D eigenvalue weighted by Gasteiger charge is 2.24. The van der Waals surface area contributed by atoms with Gasteiger partial charge >= 0.3 is 0 Å². The van der Waals surface area contributed by atoms with Crippen LogP contribution >= 0.6 is 0 Å². The molecule has 5 heteroatoms. The van der Waals surface area contributed by atoms with Gasteiger partial charge in [-0.3, -0.25) is 9.80 Å². The van der Waals surface area contributed by atoms with Crippen molar-refractivity contribution in [3.05, 3.63) is 35.8 Å². The SMILES string of the molecule is CCOCCN1CCN(Cc2nc(C)c3ccccc3n2)CC1C. The highest BCUT2D eigenvalue weighted by atomic mass is 16.5. The average Bonchev–Trinajstić information content (AvgIpc) is 2.57. The lowest BCUT2D eigenvalue weighted by atomic mass is 10.2. The summed E-state index contributed by atoms with van der Waals surface area (Å²) < 4.78 is 5.49. The van der Waals surface area contributed by atoms with E-state index in [1.807, 2.05) is 19.1 Å². The third-order valence-corrected chi connectivity index (χ3v) is 4.78. The molecular weight excluding hydrogens is 300 g/mol. The number of aromatic nitrogens is 2. The molecule has 0 bridgehead atoms. The van der Waals surface area contributed by atoms with E-state index >= 15 is 0 Å². The Hall–Kier alpha value is -1.56. The maximum atomic E-state index is 5.49. The van der Waals surface area contributed by atoms with Gasteiger partial charge in [0.2, 0.25) is 0 Å². The van der Waals surface area contributed by atoms with Crippen LogP contribution in [0.3, 0.4) is 0 Å². The molecule has 1 atom stereocenters. The number of aryl methyl sites for hydroxylation is 1. The molecule has 1 saturated heterocycles. The fourth-order valence-electron chi connectivity index (χ4n) is 3.44. The minimum absolute atomic E-state index is 0.542. The number of rotatable bonds is 6. The van der Waals surface area contributed by atoms with Gasteiger partial charge in [0.15, 0.2) is 0 Å². The smallest absolute Gasteiger partial charge is 0.143 e. The third kappa shape index (κ3) is 4.09. The molecule has 0 aliphatic carbocycles. The van der Waals surface area contributed by atoms with Gasteiger partial charge in [-0.05, 0) is 26.8 Å². The van der Waals surface area contributed by atoms with E-state index in [-0.39, 0.29) is 0 Å². The summed E-state index contributed by atoms with van der Waals surface area (Å²) >= 11 is 0. The van der Waals surface area contributed by atoms with Crippen LogP contribution in [-0.2, 0) is 11.3 Å². The second-order valence-corrected chi connectivity index (χ2v) is 6.56. The maximum absolute atomic E-state index is 5.49. The van der Waals surface area contributed by atoms with E-state index < -0.39 is 0 Å². The van der Waals surface area contributed by atoms with E-state index in [0.29, 0.717) is 6.04 Å². The van der Waals surface area contributed by atoms with Crippen LogP contribution in [0.25, 0.3) is 10.9 Å². The largest absolute Gasteiger partial charge is 0.380 e. The summed E-state index contributed by atoms with van der Waals surface area (Å²) in [5, 5.41) is 1.15. The summed E-state index contributed by atoms with van der Waals surface area (Å²) in [7, 11) is 0. The Morgan fingerprint density at radius 3 is 2.83 bits per heavy atom. The summed E-state index contributed by atoms with van der Waals surface area (Å²) in [5.41, 5.74) is 2.11. The molecule has 2 heterocycles. The van der Waals surface area contributed by atoms with Crippen molar-refractivity contribution in [3.8, 4) is 0 Å². The van der Waals surface area contributed by atoms with Gasteiger partial charge in [-0.25, -0.2) is 9.97 Å². The second-order valence-electron chi connectivity index (χ2n) is 6.56. The minimum Gasteiger partial charge on any atom is -0.380 e. The summed E-state index contributed by atoms with van der Waals surface area (Å²) in [6.45, 7) is 13.1. The number of benzene rings is 1. The van der Waals surface area contributed by atoms with Crippen molar-refractivity contribution in [3.63, 3.8) is 0 Å². The zero-order valence-electron chi connectivity index (χ0n) is 15.0. The van der Waals surface area contributed by atoms with Crippen molar-refractivity contribution >= 4 is 10.9 Å². The molecule has 1 unspecified atom stereocenters. The lowest BCUT2D eigenvalue weighted by molar-refractivity contribution is 0.0457. The molecule has 1 aliphatic rings. The molecule has 130 valence electrons. The molecular formula is C19H28N4O. The van der Waals surface area contributed by atoms with Gasteiger partial charge in [-0.15, -0.1) is 0 Å². The minimum atomic E-state index is 0.542. The summed E-state index contributed by atoms with van der Waals surface area (Å²) in [6.07, 6.45) is 0. The van der Waals surface area contributed by atoms with Crippen molar-refractivity contribution in [2.24, 2.45) is 0 Å². The predicted molar refractivity (Wildman–Crippen MR) is 97.1 cm³/mol. The van der Waals surface area contributed by atoms with Crippen LogP contribution in [0.5, 0.6) is 0 Å². The van der Waals surface area contributed by atoms with E-state index in [1.54, 1.807) is 0 Å². The fourth-order valence-corrected chi connectivity index (χ4v) is 3.44. The van der Waals surface area contributed by atoms with Crippen LogP contribution in [0.15, 0.2) is 24.3 Å². The summed E-state index contributed by atoms with van der Waals surface area (Å²) in [4.78, 5) is 14.4. The van der Waals surface area contributed by atoms with Crippen LogP contribution < -0.4 is 0 Å². The van der Waals surface area contributed by atoms with Gasteiger partial charge in [0.1, 0.15) is 5.82 Å². The Bertz CT molecular complexity index is 675. The number of para-hydroxylation sites is 1. The van der Waals surface area contributed by atoms with E-state index in [2.05, 4.69) is 35.8 Å². The van der Waals surface area contributed by atoms with Crippen LogP contribution in [0.2, 0.25) is 0 Å².